The van der Waals surface area contributed by atoms with Gasteiger partial charge in [0.05, 0.1) is 0 Å². The van der Waals surface area contributed by atoms with Crippen LogP contribution in [-0.4, -0.2) is 30.3 Å². The van der Waals surface area contributed by atoms with E-state index in [2.05, 4.69) is 25.7 Å². The molecular weight excluding hydrogens is 162 g/mol. The maximum atomic E-state index is 11.6. The molecule has 0 aromatic carbocycles. The Morgan fingerprint density at radius 2 is 2.08 bits per heavy atom. The zero-order valence-electron chi connectivity index (χ0n) is 9.05. The zero-order valence-corrected chi connectivity index (χ0v) is 9.05. The third-order valence-electron chi connectivity index (χ3n) is 2.83. The number of ketones is 1. The molecule has 0 radical (unpaired) electrons. The number of carbonyl (C=O) groups excluding carboxylic acids is 1. The van der Waals surface area contributed by atoms with Gasteiger partial charge >= 0.3 is 0 Å². The normalized spacial score (nSPS) is 19.1. The first kappa shape index (κ1) is 10.7. The van der Waals surface area contributed by atoms with Crippen molar-refractivity contribution < 1.29 is 4.79 Å². The highest BCUT2D eigenvalue weighted by Crippen LogP contribution is 2.18. The second-order valence-corrected chi connectivity index (χ2v) is 4.45. The summed E-state index contributed by atoms with van der Waals surface area (Å²) in [6.45, 7) is 9.60. The number of Topliss-reactive ketones (excluding diaryl/α,β-unsaturated/α-hetero) is 1. The standard InChI is InChI=1S/C11H21NO/c1-4-12-7-10(8-12)11(13)6-5-9(2)3/h9-10H,4-8H2,1-3H3. The van der Waals surface area contributed by atoms with Crippen molar-refractivity contribution in [2.24, 2.45) is 11.8 Å². The van der Waals surface area contributed by atoms with Crippen molar-refractivity contribution in [1.82, 2.24) is 4.90 Å². The summed E-state index contributed by atoms with van der Waals surface area (Å²) in [4.78, 5) is 13.9. The third-order valence-corrected chi connectivity index (χ3v) is 2.83. The van der Waals surface area contributed by atoms with Gasteiger partial charge in [0.2, 0.25) is 0 Å². The average molecular weight is 183 g/mol. The molecule has 0 amide bonds. The van der Waals surface area contributed by atoms with E-state index in [1.165, 1.54) is 0 Å². The van der Waals surface area contributed by atoms with Gasteiger partial charge in [-0.15, -0.1) is 0 Å². The Balaban J connectivity index is 2.12. The summed E-state index contributed by atoms with van der Waals surface area (Å²) >= 11 is 0. The van der Waals surface area contributed by atoms with E-state index in [1.54, 1.807) is 0 Å². The number of carbonyl (C=O) groups is 1. The molecule has 0 spiro atoms. The van der Waals surface area contributed by atoms with Gasteiger partial charge in [0, 0.05) is 25.4 Å². The van der Waals surface area contributed by atoms with Crippen molar-refractivity contribution in [3.8, 4) is 0 Å². The summed E-state index contributed by atoms with van der Waals surface area (Å²) in [7, 11) is 0. The van der Waals surface area contributed by atoms with Gasteiger partial charge < -0.3 is 4.90 Å². The van der Waals surface area contributed by atoms with Crippen molar-refractivity contribution in [2.45, 2.75) is 33.6 Å². The highest BCUT2D eigenvalue weighted by molar-refractivity contribution is 5.82. The predicted octanol–water partition coefficient (Wildman–Crippen LogP) is 1.94. The van der Waals surface area contributed by atoms with Gasteiger partial charge in [-0.25, -0.2) is 0 Å². The van der Waals surface area contributed by atoms with Crippen LogP contribution in [0.25, 0.3) is 0 Å². The van der Waals surface area contributed by atoms with Gasteiger partial charge in [-0.1, -0.05) is 20.8 Å². The Morgan fingerprint density at radius 1 is 1.46 bits per heavy atom. The summed E-state index contributed by atoms with van der Waals surface area (Å²) in [6.07, 6.45) is 1.85. The van der Waals surface area contributed by atoms with E-state index in [4.69, 9.17) is 0 Å². The molecule has 0 aromatic rings. The topological polar surface area (TPSA) is 20.3 Å². The SMILES string of the molecule is CCN1CC(C(=O)CCC(C)C)C1. The maximum absolute atomic E-state index is 11.6. The molecule has 1 rings (SSSR count). The number of hydrogen-bond donors (Lipinski definition) is 0. The van der Waals surface area contributed by atoms with Crippen LogP contribution in [0.15, 0.2) is 0 Å². The average Bonchev–Trinajstić information content (AvgIpc) is 1.99. The number of hydrogen-bond acceptors (Lipinski definition) is 2. The smallest absolute Gasteiger partial charge is 0.138 e. The van der Waals surface area contributed by atoms with E-state index in [0.717, 1.165) is 32.5 Å². The number of likely N-dealkylation sites (tertiary alicyclic amines) is 1. The van der Waals surface area contributed by atoms with E-state index in [-0.39, 0.29) is 0 Å². The molecule has 0 unspecified atom stereocenters. The van der Waals surface area contributed by atoms with Crippen LogP contribution >= 0.6 is 0 Å². The van der Waals surface area contributed by atoms with Gasteiger partial charge in [-0.3, -0.25) is 4.79 Å². The number of rotatable bonds is 5. The number of nitrogens with zero attached hydrogens (tertiary/aromatic N) is 1. The zero-order chi connectivity index (χ0) is 9.84. The molecule has 76 valence electrons. The van der Waals surface area contributed by atoms with Gasteiger partial charge in [-0.2, -0.15) is 0 Å². The van der Waals surface area contributed by atoms with E-state index in [9.17, 15) is 4.79 Å². The maximum Gasteiger partial charge on any atom is 0.138 e. The molecule has 0 aromatic heterocycles. The molecule has 1 aliphatic rings. The lowest BCUT2D eigenvalue weighted by Crippen LogP contribution is -2.49. The first-order valence-electron chi connectivity index (χ1n) is 5.38. The highest BCUT2D eigenvalue weighted by Gasteiger charge is 2.30. The molecule has 0 atom stereocenters. The second-order valence-electron chi connectivity index (χ2n) is 4.45. The van der Waals surface area contributed by atoms with Crippen LogP contribution in [-0.2, 0) is 4.79 Å². The van der Waals surface area contributed by atoms with Crippen molar-refractivity contribution in [1.29, 1.82) is 0 Å². The van der Waals surface area contributed by atoms with Crippen LogP contribution in [0.4, 0.5) is 0 Å². The molecule has 2 nitrogen and oxygen atoms in total. The fourth-order valence-electron chi connectivity index (χ4n) is 1.67. The van der Waals surface area contributed by atoms with Gasteiger partial charge in [-0.05, 0) is 18.9 Å². The Morgan fingerprint density at radius 3 is 2.54 bits per heavy atom. The molecule has 0 N–H and O–H groups in total. The lowest BCUT2D eigenvalue weighted by Gasteiger charge is -2.37. The molecule has 13 heavy (non-hydrogen) atoms. The predicted molar refractivity (Wildman–Crippen MR) is 54.7 cm³/mol. The molecule has 1 heterocycles. The minimum atomic E-state index is 0.360. The van der Waals surface area contributed by atoms with Crippen LogP contribution in [0.5, 0.6) is 0 Å². The summed E-state index contributed by atoms with van der Waals surface area (Å²) in [5.74, 6) is 1.50. The van der Waals surface area contributed by atoms with Crippen LogP contribution in [0.1, 0.15) is 33.6 Å². The molecule has 0 bridgehead atoms. The lowest BCUT2D eigenvalue weighted by molar-refractivity contribution is -0.128. The monoisotopic (exact) mass is 183 g/mol. The Bertz CT molecular complexity index is 171. The summed E-state index contributed by atoms with van der Waals surface area (Å²) < 4.78 is 0. The molecule has 0 aliphatic carbocycles. The van der Waals surface area contributed by atoms with E-state index < -0.39 is 0 Å². The summed E-state index contributed by atoms with van der Waals surface area (Å²) in [5.41, 5.74) is 0. The van der Waals surface area contributed by atoms with Gasteiger partial charge in [0.25, 0.3) is 0 Å². The van der Waals surface area contributed by atoms with Crippen LogP contribution in [0.3, 0.4) is 0 Å². The quantitative estimate of drug-likeness (QED) is 0.649. The van der Waals surface area contributed by atoms with E-state index in [1.807, 2.05) is 0 Å². The molecular formula is C11H21NO. The Hall–Kier alpha value is -0.370. The largest absolute Gasteiger partial charge is 0.302 e. The van der Waals surface area contributed by atoms with Crippen LogP contribution < -0.4 is 0 Å². The van der Waals surface area contributed by atoms with Gasteiger partial charge in [0.15, 0.2) is 0 Å². The Kier molecular flexibility index (Phi) is 3.91. The van der Waals surface area contributed by atoms with Crippen molar-refractivity contribution in [3.05, 3.63) is 0 Å². The van der Waals surface area contributed by atoms with Crippen molar-refractivity contribution >= 4 is 5.78 Å². The molecule has 0 saturated carbocycles. The highest BCUT2D eigenvalue weighted by atomic mass is 16.1. The third kappa shape index (κ3) is 3.11. The summed E-state index contributed by atoms with van der Waals surface area (Å²) in [6, 6.07) is 0. The molecule has 1 saturated heterocycles. The van der Waals surface area contributed by atoms with Crippen molar-refractivity contribution in [3.63, 3.8) is 0 Å². The fraction of sp³-hybridized carbons (Fsp3) is 0.909. The lowest BCUT2D eigenvalue weighted by atomic mass is 9.91. The van der Waals surface area contributed by atoms with Crippen LogP contribution in [0.2, 0.25) is 0 Å². The molecule has 2 heteroatoms. The molecule has 1 aliphatic heterocycles. The minimum Gasteiger partial charge on any atom is -0.302 e. The van der Waals surface area contributed by atoms with Crippen LogP contribution in [0, 0.1) is 11.8 Å². The van der Waals surface area contributed by atoms with Crippen molar-refractivity contribution in [2.75, 3.05) is 19.6 Å². The van der Waals surface area contributed by atoms with Gasteiger partial charge in [0.1, 0.15) is 5.78 Å². The molecule has 1 fully saturated rings. The minimum absolute atomic E-state index is 0.360. The van der Waals surface area contributed by atoms with E-state index in [0.29, 0.717) is 17.6 Å². The Labute approximate surface area is 81.3 Å². The summed E-state index contributed by atoms with van der Waals surface area (Å²) in [5, 5.41) is 0. The fourth-order valence-corrected chi connectivity index (χ4v) is 1.67. The van der Waals surface area contributed by atoms with E-state index >= 15 is 0 Å². The first-order chi connectivity index (χ1) is 6.13. The second kappa shape index (κ2) is 4.75. The first-order valence-corrected chi connectivity index (χ1v) is 5.38.